The predicted octanol–water partition coefficient (Wildman–Crippen LogP) is 11.1. The van der Waals surface area contributed by atoms with Crippen LogP contribution in [-0.4, -0.2) is 12.6 Å². The second kappa shape index (κ2) is 29.5. The zero-order chi connectivity index (χ0) is 24.1. The van der Waals surface area contributed by atoms with Crippen LogP contribution >= 0.6 is 0 Å². The van der Waals surface area contributed by atoms with E-state index in [0.29, 0.717) is 13.0 Å². The van der Waals surface area contributed by atoms with E-state index in [-0.39, 0.29) is 5.97 Å². The third-order valence-electron chi connectivity index (χ3n) is 7.00. The van der Waals surface area contributed by atoms with E-state index in [1.165, 1.54) is 154 Å². The average Bonchev–Trinajstić information content (AvgIpc) is 2.82. The van der Waals surface area contributed by atoms with Gasteiger partial charge in [0.25, 0.3) is 0 Å². The summed E-state index contributed by atoms with van der Waals surface area (Å²) in [7, 11) is 0. The van der Waals surface area contributed by atoms with E-state index in [4.69, 9.17) is 4.74 Å². The third kappa shape index (κ3) is 29.4. The summed E-state index contributed by atoms with van der Waals surface area (Å²) in [5.74, 6) is 0.0194. The molecule has 0 amide bonds. The summed E-state index contributed by atoms with van der Waals surface area (Å²) in [5.41, 5.74) is 0. The lowest BCUT2D eigenvalue weighted by Gasteiger charge is -2.05. The average molecular weight is 467 g/mol. The molecule has 0 saturated carbocycles. The smallest absolute Gasteiger partial charge is 0.305 e. The van der Waals surface area contributed by atoms with Crippen molar-refractivity contribution in [2.75, 3.05) is 6.61 Å². The van der Waals surface area contributed by atoms with Crippen LogP contribution in [0.1, 0.15) is 187 Å². The second-order valence-electron chi connectivity index (χ2n) is 10.5. The van der Waals surface area contributed by atoms with Gasteiger partial charge in [-0.1, -0.05) is 168 Å². The lowest BCUT2D eigenvalue weighted by Crippen LogP contribution is -2.05. The van der Waals surface area contributed by atoms with Gasteiger partial charge < -0.3 is 4.74 Å². The molecule has 0 fully saturated rings. The SMILES string of the molecule is CCCCCCCCCCCCCCCCCCCCCCC(=O)OCCCCCCCC. The van der Waals surface area contributed by atoms with Crippen molar-refractivity contribution in [3.05, 3.63) is 0 Å². The molecule has 0 bridgehead atoms. The van der Waals surface area contributed by atoms with Gasteiger partial charge in [-0.15, -0.1) is 0 Å². The third-order valence-corrected chi connectivity index (χ3v) is 7.00. The molecule has 0 spiro atoms. The van der Waals surface area contributed by atoms with Crippen LogP contribution in [0.5, 0.6) is 0 Å². The molecule has 0 saturated heterocycles. The van der Waals surface area contributed by atoms with Crippen LogP contribution in [0, 0.1) is 0 Å². The van der Waals surface area contributed by atoms with Gasteiger partial charge in [-0.05, 0) is 12.8 Å². The normalized spacial score (nSPS) is 11.2. The fourth-order valence-electron chi connectivity index (χ4n) is 4.67. The Morgan fingerprint density at radius 1 is 0.394 bits per heavy atom. The molecular formula is C31H62O2. The summed E-state index contributed by atoms with van der Waals surface area (Å²) in [6.45, 7) is 5.16. The summed E-state index contributed by atoms with van der Waals surface area (Å²) in [5, 5.41) is 0. The molecule has 0 aromatic rings. The first-order valence-corrected chi connectivity index (χ1v) is 15.5. The summed E-state index contributed by atoms with van der Waals surface area (Å²) in [4.78, 5) is 11.7. The van der Waals surface area contributed by atoms with Crippen LogP contribution in [0.25, 0.3) is 0 Å². The monoisotopic (exact) mass is 466 g/mol. The van der Waals surface area contributed by atoms with Crippen LogP contribution in [0.15, 0.2) is 0 Å². The highest BCUT2D eigenvalue weighted by atomic mass is 16.5. The number of ether oxygens (including phenoxy) is 1. The molecule has 2 nitrogen and oxygen atoms in total. The second-order valence-corrected chi connectivity index (χ2v) is 10.5. The molecule has 0 rings (SSSR count). The van der Waals surface area contributed by atoms with Gasteiger partial charge in [0.2, 0.25) is 0 Å². The Kier molecular flexibility index (Phi) is 29.0. The van der Waals surface area contributed by atoms with Crippen molar-refractivity contribution in [3.63, 3.8) is 0 Å². The molecule has 0 aliphatic heterocycles. The summed E-state index contributed by atoms with van der Waals surface area (Å²) < 4.78 is 5.35. The minimum atomic E-state index is 0.0194. The summed E-state index contributed by atoms with van der Waals surface area (Å²) in [6.07, 6.45) is 35.9. The van der Waals surface area contributed by atoms with Crippen molar-refractivity contribution in [1.82, 2.24) is 0 Å². The summed E-state index contributed by atoms with van der Waals surface area (Å²) in [6, 6.07) is 0. The van der Waals surface area contributed by atoms with Gasteiger partial charge in [0, 0.05) is 6.42 Å². The van der Waals surface area contributed by atoms with E-state index in [2.05, 4.69) is 13.8 Å². The maximum Gasteiger partial charge on any atom is 0.305 e. The van der Waals surface area contributed by atoms with E-state index in [0.717, 1.165) is 12.8 Å². The minimum absolute atomic E-state index is 0.0194. The van der Waals surface area contributed by atoms with E-state index < -0.39 is 0 Å². The number of hydrogen-bond donors (Lipinski definition) is 0. The maximum atomic E-state index is 11.7. The number of unbranched alkanes of at least 4 members (excludes halogenated alkanes) is 24. The molecule has 0 N–H and O–H groups in total. The highest BCUT2D eigenvalue weighted by Gasteiger charge is 2.02. The summed E-state index contributed by atoms with van der Waals surface area (Å²) >= 11 is 0. The predicted molar refractivity (Wildman–Crippen MR) is 147 cm³/mol. The van der Waals surface area contributed by atoms with Gasteiger partial charge in [0.15, 0.2) is 0 Å². The quantitative estimate of drug-likeness (QED) is 0.0846. The molecule has 33 heavy (non-hydrogen) atoms. The minimum Gasteiger partial charge on any atom is -0.466 e. The van der Waals surface area contributed by atoms with Gasteiger partial charge in [0.05, 0.1) is 6.61 Å². The Morgan fingerprint density at radius 3 is 1.00 bits per heavy atom. The Morgan fingerprint density at radius 2 is 0.667 bits per heavy atom. The Hall–Kier alpha value is -0.530. The van der Waals surface area contributed by atoms with Crippen LogP contribution < -0.4 is 0 Å². The fourth-order valence-corrected chi connectivity index (χ4v) is 4.67. The van der Waals surface area contributed by atoms with Crippen molar-refractivity contribution < 1.29 is 9.53 Å². The molecule has 198 valence electrons. The number of carbonyl (C=O) groups excluding carboxylic acids is 1. The molecule has 0 atom stereocenters. The van der Waals surface area contributed by atoms with Gasteiger partial charge in [0.1, 0.15) is 0 Å². The van der Waals surface area contributed by atoms with Gasteiger partial charge >= 0.3 is 5.97 Å². The molecular weight excluding hydrogens is 404 g/mol. The standard InChI is InChI=1S/C31H62O2/c1-3-5-7-9-11-12-13-14-15-16-17-18-19-20-21-22-23-24-25-27-29-31(32)33-30-28-26-10-8-6-4-2/h3-30H2,1-2H3. The number of esters is 1. The lowest BCUT2D eigenvalue weighted by molar-refractivity contribution is -0.143. The number of hydrogen-bond acceptors (Lipinski definition) is 2. The Labute approximate surface area is 209 Å². The Bertz CT molecular complexity index is 366. The van der Waals surface area contributed by atoms with Crippen molar-refractivity contribution in [2.45, 2.75) is 187 Å². The topological polar surface area (TPSA) is 26.3 Å². The van der Waals surface area contributed by atoms with Crippen molar-refractivity contribution in [3.8, 4) is 0 Å². The van der Waals surface area contributed by atoms with Crippen LogP contribution in [0.3, 0.4) is 0 Å². The van der Waals surface area contributed by atoms with E-state index >= 15 is 0 Å². The zero-order valence-electron chi connectivity index (χ0n) is 23.1. The first-order valence-electron chi connectivity index (χ1n) is 15.5. The molecule has 0 aromatic heterocycles. The zero-order valence-corrected chi connectivity index (χ0v) is 23.1. The van der Waals surface area contributed by atoms with Crippen molar-refractivity contribution >= 4 is 5.97 Å². The van der Waals surface area contributed by atoms with Gasteiger partial charge in [-0.25, -0.2) is 0 Å². The maximum absolute atomic E-state index is 11.7. The lowest BCUT2D eigenvalue weighted by atomic mass is 10.0. The molecule has 0 heterocycles. The number of rotatable bonds is 28. The number of carbonyl (C=O) groups is 1. The fraction of sp³-hybridized carbons (Fsp3) is 0.968. The van der Waals surface area contributed by atoms with E-state index in [9.17, 15) is 4.79 Å². The van der Waals surface area contributed by atoms with Gasteiger partial charge in [-0.3, -0.25) is 4.79 Å². The van der Waals surface area contributed by atoms with Crippen LogP contribution in [0.2, 0.25) is 0 Å². The van der Waals surface area contributed by atoms with E-state index in [1.54, 1.807) is 0 Å². The molecule has 0 aliphatic carbocycles. The molecule has 0 unspecified atom stereocenters. The largest absolute Gasteiger partial charge is 0.466 e. The molecule has 0 aliphatic rings. The van der Waals surface area contributed by atoms with Crippen LogP contribution in [-0.2, 0) is 9.53 Å². The van der Waals surface area contributed by atoms with E-state index in [1.807, 2.05) is 0 Å². The first kappa shape index (κ1) is 32.5. The Balaban J connectivity index is 3.10. The van der Waals surface area contributed by atoms with Crippen LogP contribution in [0.4, 0.5) is 0 Å². The van der Waals surface area contributed by atoms with Crippen molar-refractivity contribution in [2.24, 2.45) is 0 Å². The van der Waals surface area contributed by atoms with Crippen molar-refractivity contribution in [1.29, 1.82) is 0 Å². The molecule has 0 radical (unpaired) electrons. The highest BCUT2D eigenvalue weighted by molar-refractivity contribution is 5.69. The molecule has 2 heteroatoms. The molecule has 0 aromatic carbocycles. The highest BCUT2D eigenvalue weighted by Crippen LogP contribution is 2.15. The van der Waals surface area contributed by atoms with Gasteiger partial charge in [-0.2, -0.15) is 0 Å². The first-order chi connectivity index (χ1) is 16.3.